The molecule has 1 aliphatic rings. The van der Waals surface area contributed by atoms with Gasteiger partial charge in [-0.2, -0.15) is 0 Å². The molecule has 1 aromatic heterocycles. The fourth-order valence-electron chi connectivity index (χ4n) is 2.63. The molecule has 2 rings (SSSR count). The molecule has 1 atom stereocenters. The maximum absolute atomic E-state index is 12.4. The van der Waals surface area contributed by atoms with E-state index in [1.807, 2.05) is 13.8 Å². The fraction of sp³-hybridized carbons (Fsp3) is 0.625. The van der Waals surface area contributed by atoms with Crippen LogP contribution in [0.2, 0.25) is 0 Å². The summed E-state index contributed by atoms with van der Waals surface area (Å²) in [6, 6.07) is 0. The van der Waals surface area contributed by atoms with E-state index in [1.54, 1.807) is 12.4 Å². The highest BCUT2D eigenvalue weighted by molar-refractivity contribution is 7.09. The molecule has 1 saturated heterocycles. The second-order valence-corrected chi connectivity index (χ2v) is 7.29. The highest BCUT2D eigenvalue weighted by Gasteiger charge is 2.29. The Morgan fingerprint density at radius 2 is 2.17 bits per heavy atom. The first-order chi connectivity index (χ1) is 11.3. The lowest BCUT2D eigenvalue weighted by atomic mass is 9.98. The normalized spacial score (nSPS) is 17.8. The van der Waals surface area contributed by atoms with Crippen LogP contribution in [-0.2, 0) is 9.59 Å². The smallest absolute Gasteiger partial charge is 0.308 e. The summed E-state index contributed by atoms with van der Waals surface area (Å²) in [6.45, 7) is 4.70. The third kappa shape index (κ3) is 4.31. The number of aliphatic carboxylic acids is 1. The maximum Gasteiger partial charge on any atom is 0.308 e. The van der Waals surface area contributed by atoms with E-state index in [2.05, 4.69) is 4.98 Å². The van der Waals surface area contributed by atoms with Crippen LogP contribution in [-0.4, -0.2) is 64.4 Å². The van der Waals surface area contributed by atoms with Gasteiger partial charge in [-0.25, -0.2) is 4.98 Å². The largest absolute Gasteiger partial charge is 0.481 e. The zero-order chi connectivity index (χ0) is 17.9. The number of likely N-dealkylation sites (N-methyl/N-ethyl adjacent to an activating group) is 1. The van der Waals surface area contributed by atoms with E-state index >= 15 is 0 Å². The molecule has 0 radical (unpaired) electrons. The molecule has 1 aromatic rings. The standard InChI is InChI=1S/C16H23N3O4S/c1-10(2)14-17-12(9-24-14)15(21)18(3)8-13(20)19-6-4-5-11(7-19)16(22)23/h9-11H,4-8H2,1-3H3,(H,22,23). The molecule has 0 spiro atoms. The van der Waals surface area contributed by atoms with Crippen LogP contribution in [0.15, 0.2) is 5.38 Å². The van der Waals surface area contributed by atoms with Crippen molar-refractivity contribution >= 4 is 29.1 Å². The van der Waals surface area contributed by atoms with Gasteiger partial charge in [-0.1, -0.05) is 13.8 Å². The van der Waals surface area contributed by atoms with E-state index in [0.717, 1.165) is 5.01 Å². The number of carboxylic acids is 1. The van der Waals surface area contributed by atoms with E-state index in [-0.39, 0.29) is 30.8 Å². The summed E-state index contributed by atoms with van der Waals surface area (Å²) in [5.74, 6) is -1.66. The van der Waals surface area contributed by atoms with E-state index < -0.39 is 11.9 Å². The Morgan fingerprint density at radius 1 is 1.46 bits per heavy atom. The molecule has 2 amide bonds. The molecule has 8 heteroatoms. The molecule has 0 aliphatic carbocycles. The quantitative estimate of drug-likeness (QED) is 0.869. The second-order valence-electron chi connectivity index (χ2n) is 6.40. The third-order valence-corrected chi connectivity index (χ3v) is 5.22. The van der Waals surface area contributed by atoms with Gasteiger partial charge in [0.15, 0.2) is 0 Å². The highest BCUT2D eigenvalue weighted by atomic mass is 32.1. The lowest BCUT2D eigenvalue weighted by molar-refractivity contribution is -0.145. The minimum Gasteiger partial charge on any atom is -0.481 e. The van der Waals surface area contributed by atoms with Crippen molar-refractivity contribution in [2.45, 2.75) is 32.6 Å². The van der Waals surface area contributed by atoms with Gasteiger partial charge in [0, 0.05) is 31.4 Å². The molecule has 24 heavy (non-hydrogen) atoms. The van der Waals surface area contributed by atoms with E-state index in [1.165, 1.54) is 21.1 Å². The summed E-state index contributed by atoms with van der Waals surface area (Å²) in [5, 5.41) is 11.7. The first-order valence-corrected chi connectivity index (χ1v) is 8.89. The molecule has 0 bridgehead atoms. The summed E-state index contributed by atoms with van der Waals surface area (Å²) >= 11 is 1.43. The van der Waals surface area contributed by atoms with Crippen LogP contribution in [0.25, 0.3) is 0 Å². The van der Waals surface area contributed by atoms with Crippen molar-refractivity contribution in [1.29, 1.82) is 0 Å². The predicted molar refractivity (Wildman–Crippen MR) is 90.1 cm³/mol. The molecule has 1 unspecified atom stereocenters. The van der Waals surface area contributed by atoms with Gasteiger partial charge in [0.25, 0.3) is 5.91 Å². The van der Waals surface area contributed by atoms with Crippen LogP contribution in [0.5, 0.6) is 0 Å². The Labute approximate surface area is 145 Å². The van der Waals surface area contributed by atoms with Gasteiger partial charge in [0.05, 0.1) is 17.5 Å². The minimum absolute atomic E-state index is 0.0697. The summed E-state index contributed by atoms with van der Waals surface area (Å²) in [6.07, 6.45) is 1.26. The van der Waals surface area contributed by atoms with Crippen LogP contribution in [0.4, 0.5) is 0 Å². The first-order valence-electron chi connectivity index (χ1n) is 8.01. The number of likely N-dealkylation sites (tertiary alicyclic amines) is 1. The Hall–Kier alpha value is -1.96. The van der Waals surface area contributed by atoms with Crippen molar-refractivity contribution < 1.29 is 19.5 Å². The van der Waals surface area contributed by atoms with Gasteiger partial charge < -0.3 is 14.9 Å². The molecule has 1 aliphatic heterocycles. The molecule has 7 nitrogen and oxygen atoms in total. The zero-order valence-electron chi connectivity index (χ0n) is 14.2. The van der Waals surface area contributed by atoms with Crippen molar-refractivity contribution in [1.82, 2.24) is 14.8 Å². The number of piperidine rings is 1. The summed E-state index contributed by atoms with van der Waals surface area (Å²) in [5.41, 5.74) is 0.348. The summed E-state index contributed by atoms with van der Waals surface area (Å²) in [4.78, 5) is 43.0. The Bertz CT molecular complexity index is 629. The van der Waals surface area contributed by atoms with Crippen LogP contribution in [0.1, 0.15) is 48.1 Å². The number of amides is 2. The number of aromatic nitrogens is 1. The topological polar surface area (TPSA) is 90.8 Å². The average molecular weight is 353 g/mol. The zero-order valence-corrected chi connectivity index (χ0v) is 15.0. The molecular weight excluding hydrogens is 330 g/mol. The molecule has 2 heterocycles. The summed E-state index contributed by atoms with van der Waals surface area (Å²) in [7, 11) is 1.56. The van der Waals surface area contributed by atoms with Gasteiger partial charge >= 0.3 is 5.97 Å². The lowest BCUT2D eigenvalue weighted by Gasteiger charge is -2.31. The fourth-order valence-corrected chi connectivity index (χ4v) is 3.44. The number of carbonyl (C=O) groups is 3. The number of hydrogen-bond acceptors (Lipinski definition) is 5. The minimum atomic E-state index is -0.874. The number of carbonyl (C=O) groups excluding carboxylic acids is 2. The Morgan fingerprint density at radius 3 is 2.75 bits per heavy atom. The van der Waals surface area contributed by atoms with Gasteiger partial charge in [-0.15, -0.1) is 11.3 Å². The van der Waals surface area contributed by atoms with Crippen molar-refractivity contribution in [3.8, 4) is 0 Å². The first kappa shape index (κ1) is 18.4. The number of thiazole rings is 1. The highest BCUT2D eigenvalue weighted by Crippen LogP contribution is 2.20. The maximum atomic E-state index is 12.4. The molecule has 0 saturated carbocycles. The number of carboxylic acid groups (broad SMARTS) is 1. The molecule has 132 valence electrons. The Kier molecular flexibility index (Phi) is 5.93. The van der Waals surface area contributed by atoms with Crippen LogP contribution >= 0.6 is 11.3 Å². The van der Waals surface area contributed by atoms with E-state index in [0.29, 0.717) is 25.1 Å². The molecular formula is C16H23N3O4S. The van der Waals surface area contributed by atoms with E-state index in [4.69, 9.17) is 5.11 Å². The summed E-state index contributed by atoms with van der Waals surface area (Å²) < 4.78 is 0. The Balaban J connectivity index is 1.95. The second kappa shape index (κ2) is 7.74. The van der Waals surface area contributed by atoms with E-state index in [9.17, 15) is 14.4 Å². The third-order valence-electron chi connectivity index (χ3n) is 4.08. The van der Waals surface area contributed by atoms with Gasteiger partial charge in [0.2, 0.25) is 5.91 Å². The number of rotatable bonds is 5. The molecule has 0 aromatic carbocycles. The van der Waals surface area contributed by atoms with Crippen LogP contribution < -0.4 is 0 Å². The van der Waals surface area contributed by atoms with Gasteiger partial charge in [-0.05, 0) is 12.8 Å². The average Bonchev–Trinajstić information content (AvgIpc) is 3.04. The van der Waals surface area contributed by atoms with Crippen LogP contribution in [0.3, 0.4) is 0 Å². The predicted octanol–water partition coefficient (Wildman–Crippen LogP) is 1.66. The van der Waals surface area contributed by atoms with Crippen molar-refractivity contribution in [3.05, 3.63) is 16.1 Å². The SMILES string of the molecule is CC(C)c1nc(C(=O)N(C)CC(=O)N2CCCC(C(=O)O)C2)cs1. The monoisotopic (exact) mass is 353 g/mol. The molecule has 1 N–H and O–H groups in total. The van der Waals surface area contributed by atoms with Gasteiger partial charge in [-0.3, -0.25) is 14.4 Å². The van der Waals surface area contributed by atoms with Crippen molar-refractivity contribution in [3.63, 3.8) is 0 Å². The molecule has 1 fully saturated rings. The van der Waals surface area contributed by atoms with Crippen molar-refractivity contribution in [2.24, 2.45) is 5.92 Å². The van der Waals surface area contributed by atoms with Crippen molar-refractivity contribution in [2.75, 3.05) is 26.7 Å². The number of nitrogens with zero attached hydrogens (tertiary/aromatic N) is 3. The van der Waals surface area contributed by atoms with Gasteiger partial charge in [0.1, 0.15) is 5.69 Å². The van der Waals surface area contributed by atoms with Crippen LogP contribution in [0, 0.1) is 5.92 Å². The lowest BCUT2D eigenvalue weighted by Crippen LogP contribution is -2.46. The number of hydrogen-bond donors (Lipinski definition) is 1.